The quantitative estimate of drug-likeness (QED) is 0.476. The summed E-state index contributed by atoms with van der Waals surface area (Å²) >= 11 is 0. The average molecular weight is 239 g/mol. The molecule has 2 aromatic carbocycles. The van der Waals surface area contributed by atoms with Crippen LogP contribution in [0.4, 0.5) is 17.1 Å². The number of hydrogen-bond acceptors (Lipinski definition) is 4. The van der Waals surface area contributed by atoms with Crippen molar-refractivity contribution in [3.05, 3.63) is 58.6 Å². The van der Waals surface area contributed by atoms with Gasteiger partial charge in [-0.3, -0.25) is 10.1 Å². The van der Waals surface area contributed by atoms with Crippen molar-refractivity contribution in [2.24, 2.45) is 0 Å². The van der Waals surface area contributed by atoms with Crippen molar-refractivity contribution in [2.75, 3.05) is 10.5 Å². The summed E-state index contributed by atoms with van der Waals surface area (Å²) in [4.78, 5) is 10.4. The Morgan fingerprint density at radius 1 is 1.00 bits per heavy atom. The van der Waals surface area contributed by atoms with E-state index in [1.807, 2.05) is 30.3 Å². The van der Waals surface area contributed by atoms with Crippen molar-refractivity contribution in [3.63, 3.8) is 0 Å². The number of nitro groups is 1. The van der Waals surface area contributed by atoms with Gasteiger partial charge in [0, 0.05) is 23.5 Å². The lowest BCUT2D eigenvalue weighted by Crippen LogP contribution is -2.41. The largest absolute Gasteiger partial charge is 0.406 e. The Hall–Kier alpha value is -2.50. The molecule has 0 aliphatic carbocycles. The monoisotopic (exact) mass is 239 g/mol. The lowest BCUT2D eigenvalue weighted by molar-refractivity contribution is -0.384. The van der Waals surface area contributed by atoms with Crippen molar-refractivity contribution >= 4 is 29.5 Å². The fraction of sp³-hybridized carbons (Fsp3) is 0. The number of para-hydroxylation sites is 2. The molecule has 0 fully saturated rings. The van der Waals surface area contributed by atoms with Crippen molar-refractivity contribution in [3.8, 4) is 0 Å². The fourth-order valence-electron chi connectivity index (χ4n) is 2.07. The van der Waals surface area contributed by atoms with E-state index in [0.717, 1.165) is 16.8 Å². The molecule has 0 spiro atoms. The summed E-state index contributed by atoms with van der Waals surface area (Å²) < 4.78 is 0. The molecule has 5 nitrogen and oxygen atoms in total. The number of fused-ring (bicyclic) bond motifs is 1. The van der Waals surface area contributed by atoms with Crippen molar-refractivity contribution in [1.82, 2.24) is 0 Å². The molecule has 0 bridgehead atoms. The molecule has 0 amide bonds. The van der Waals surface area contributed by atoms with Gasteiger partial charge in [-0.05, 0) is 17.6 Å². The van der Waals surface area contributed by atoms with E-state index in [0.29, 0.717) is 0 Å². The van der Waals surface area contributed by atoms with Crippen LogP contribution < -0.4 is 15.9 Å². The van der Waals surface area contributed by atoms with Crippen molar-refractivity contribution in [2.45, 2.75) is 0 Å². The smallest absolute Gasteiger partial charge is 0.404 e. The maximum atomic E-state index is 10.8. The lowest BCUT2D eigenvalue weighted by atomic mass is 9.69. The molecule has 18 heavy (non-hydrogen) atoms. The highest BCUT2D eigenvalue weighted by Crippen LogP contribution is 2.26. The van der Waals surface area contributed by atoms with Crippen LogP contribution in [-0.4, -0.2) is 11.9 Å². The number of rotatable bonds is 2. The summed E-state index contributed by atoms with van der Waals surface area (Å²) in [7, 11) is 0. The van der Waals surface area contributed by atoms with Gasteiger partial charge in [0.2, 0.25) is 0 Å². The van der Waals surface area contributed by atoms with E-state index in [-0.39, 0.29) is 17.6 Å². The lowest BCUT2D eigenvalue weighted by Gasteiger charge is -2.06. The third kappa shape index (κ3) is 1.77. The number of anilines is 2. The molecule has 1 aliphatic rings. The molecule has 0 saturated carbocycles. The van der Waals surface area contributed by atoms with Crippen LogP contribution in [0.15, 0.2) is 48.5 Å². The summed E-state index contributed by atoms with van der Waals surface area (Å²) in [5, 5.41) is 17.3. The summed E-state index contributed by atoms with van der Waals surface area (Å²) in [5.74, 6) is 0. The first-order chi connectivity index (χ1) is 8.74. The second kappa shape index (κ2) is 4.07. The molecule has 0 unspecified atom stereocenters. The van der Waals surface area contributed by atoms with Gasteiger partial charge in [0.15, 0.2) is 0 Å². The Morgan fingerprint density at radius 2 is 1.67 bits per heavy atom. The summed E-state index contributed by atoms with van der Waals surface area (Å²) in [5.41, 5.74) is 2.97. The van der Waals surface area contributed by atoms with Crippen LogP contribution in [0.5, 0.6) is 0 Å². The zero-order valence-electron chi connectivity index (χ0n) is 9.46. The SMILES string of the molecule is O=[N+]([O-])c1cccc(B2Nc3ccccc3N2)c1. The molecule has 0 atom stereocenters. The molecule has 88 valence electrons. The van der Waals surface area contributed by atoms with Gasteiger partial charge in [-0.2, -0.15) is 0 Å². The zero-order chi connectivity index (χ0) is 12.5. The average Bonchev–Trinajstić information content (AvgIpc) is 2.82. The van der Waals surface area contributed by atoms with Gasteiger partial charge in [0.25, 0.3) is 5.69 Å². The zero-order valence-corrected chi connectivity index (χ0v) is 9.46. The molecule has 1 heterocycles. The normalized spacial score (nSPS) is 12.6. The topological polar surface area (TPSA) is 67.2 Å². The Balaban J connectivity index is 1.90. The number of benzene rings is 2. The van der Waals surface area contributed by atoms with Crippen molar-refractivity contribution < 1.29 is 4.92 Å². The predicted octanol–water partition coefficient (Wildman–Crippen LogP) is 1.83. The molecular formula is C12H10BN3O2. The number of non-ortho nitro benzene ring substituents is 1. The molecule has 0 saturated heterocycles. The van der Waals surface area contributed by atoms with E-state index in [4.69, 9.17) is 0 Å². The standard InChI is InChI=1S/C12H10BN3O2/c17-16(18)10-5-3-4-9(8-10)13-14-11-6-1-2-7-12(11)15-13/h1-8,14-15H. The van der Waals surface area contributed by atoms with Crippen LogP contribution in [0.2, 0.25) is 0 Å². The molecular weight excluding hydrogens is 229 g/mol. The van der Waals surface area contributed by atoms with E-state index in [1.165, 1.54) is 6.07 Å². The molecule has 2 aromatic rings. The first-order valence-electron chi connectivity index (χ1n) is 5.60. The number of hydrogen-bond donors (Lipinski definition) is 2. The molecule has 6 heteroatoms. The van der Waals surface area contributed by atoms with Gasteiger partial charge in [-0.15, -0.1) is 0 Å². The van der Waals surface area contributed by atoms with Crippen molar-refractivity contribution in [1.29, 1.82) is 0 Å². The Bertz CT molecular complexity index is 593. The minimum absolute atomic E-state index is 0.104. The van der Waals surface area contributed by atoms with Gasteiger partial charge < -0.3 is 10.5 Å². The third-order valence-electron chi connectivity index (χ3n) is 2.94. The van der Waals surface area contributed by atoms with Gasteiger partial charge >= 0.3 is 6.98 Å². The Kier molecular flexibility index (Phi) is 2.41. The van der Waals surface area contributed by atoms with E-state index >= 15 is 0 Å². The highest BCUT2D eigenvalue weighted by molar-refractivity contribution is 6.81. The van der Waals surface area contributed by atoms with Crippen LogP contribution in [0, 0.1) is 10.1 Å². The van der Waals surface area contributed by atoms with E-state index in [2.05, 4.69) is 10.5 Å². The first kappa shape index (κ1) is 10.6. The van der Waals surface area contributed by atoms with Crippen LogP contribution in [0.25, 0.3) is 0 Å². The number of nitrogens with zero attached hydrogens (tertiary/aromatic N) is 1. The van der Waals surface area contributed by atoms with Gasteiger partial charge in [0.05, 0.1) is 4.92 Å². The molecule has 1 aliphatic heterocycles. The second-order valence-electron chi connectivity index (χ2n) is 4.12. The van der Waals surface area contributed by atoms with Crippen LogP contribution >= 0.6 is 0 Å². The minimum Gasteiger partial charge on any atom is -0.404 e. The maximum absolute atomic E-state index is 10.8. The van der Waals surface area contributed by atoms with E-state index in [9.17, 15) is 10.1 Å². The fourth-order valence-corrected chi connectivity index (χ4v) is 2.07. The molecule has 2 N–H and O–H groups in total. The molecule has 3 rings (SSSR count). The van der Waals surface area contributed by atoms with Crippen LogP contribution in [-0.2, 0) is 0 Å². The van der Waals surface area contributed by atoms with Gasteiger partial charge in [-0.1, -0.05) is 24.3 Å². The predicted molar refractivity (Wildman–Crippen MR) is 72.2 cm³/mol. The Labute approximate surface area is 104 Å². The first-order valence-corrected chi connectivity index (χ1v) is 5.60. The van der Waals surface area contributed by atoms with E-state index in [1.54, 1.807) is 12.1 Å². The van der Waals surface area contributed by atoms with Crippen LogP contribution in [0.1, 0.15) is 0 Å². The minimum atomic E-state index is -0.383. The number of nitrogens with one attached hydrogen (secondary N) is 2. The molecule has 0 aromatic heterocycles. The Morgan fingerprint density at radius 3 is 2.28 bits per heavy atom. The third-order valence-corrected chi connectivity index (χ3v) is 2.94. The number of nitro benzene ring substituents is 1. The van der Waals surface area contributed by atoms with E-state index < -0.39 is 0 Å². The highest BCUT2D eigenvalue weighted by atomic mass is 16.6. The van der Waals surface area contributed by atoms with Gasteiger partial charge in [0.1, 0.15) is 0 Å². The molecule has 0 radical (unpaired) electrons. The summed E-state index contributed by atoms with van der Waals surface area (Å²) in [6.45, 7) is -0.123. The second-order valence-corrected chi connectivity index (χ2v) is 4.12. The summed E-state index contributed by atoms with van der Waals surface area (Å²) in [6, 6.07) is 14.5. The maximum Gasteiger partial charge on any atom is 0.406 e. The highest BCUT2D eigenvalue weighted by Gasteiger charge is 2.27. The van der Waals surface area contributed by atoms with Gasteiger partial charge in [-0.25, -0.2) is 0 Å². The van der Waals surface area contributed by atoms with Crippen LogP contribution in [0.3, 0.4) is 0 Å². The summed E-state index contributed by atoms with van der Waals surface area (Å²) in [6.07, 6.45) is 0.